The second kappa shape index (κ2) is 12.0. The Morgan fingerprint density at radius 2 is 1.95 bits per heavy atom. The maximum absolute atomic E-state index is 13.7. The first-order valence-corrected chi connectivity index (χ1v) is 17.1. The third kappa shape index (κ3) is 6.33. The zero-order valence-electron chi connectivity index (χ0n) is 25.5. The molecule has 3 aromatic rings. The quantitative estimate of drug-likeness (QED) is 0.188. The second-order valence-corrected chi connectivity index (χ2v) is 14.9. The van der Waals surface area contributed by atoms with Gasteiger partial charge in [-0.15, -0.1) is 5.10 Å². The summed E-state index contributed by atoms with van der Waals surface area (Å²) in [6.07, 6.45) is 9.92. The van der Waals surface area contributed by atoms with Gasteiger partial charge in [0.1, 0.15) is 5.82 Å². The van der Waals surface area contributed by atoms with Crippen LogP contribution in [0.2, 0.25) is 0 Å². The van der Waals surface area contributed by atoms with Crippen LogP contribution in [-0.2, 0) is 10.0 Å². The molecule has 3 aromatic heterocycles. The lowest BCUT2D eigenvalue weighted by atomic mass is 9.69. The largest absolute Gasteiger partial charge is 0.477 e. The summed E-state index contributed by atoms with van der Waals surface area (Å²) in [6.45, 7) is 6.28. The fourth-order valence-electron chi connectivity index (χ4n) is 7.07. The van der Waals surface area contributed by atoms with Crippen molar-refractivity contribution in [1.82, 2.24) is 24.5 Å². The van der Waals surface area contributed by atoms with Crippen molar-refractivity contribution in [3.63, 3.8) is 0 Å². The minimum atomic E-state index is -4.22. The number of anilines is 1. The Hall–Kier alpha value is -3.13. The Balaban J connectivity index is 1.25. The SMILES string of the molecule is CC1(C)C[C@H](CCCN)CN1c1nc(-n2ccc(OCCC3CCC34CC4)n2)ccc1C(N)NS(=O)(=O)c1cccc(F)n1. The number of sulfonamides is 1. The molecule has 13 heteroatoms. The summed E-state index contributed by atoms with van der Waals surface area (Å²) in [5.74, 6) is 1.92. The average molecular weight is 627 g/mol. The van der Waals surface area contributed by atoms with Gasteiger partial charge in [0.2, 0.25) is 11.8 Å². The number of aromatic nitrogens is 4. The molecule has 44 heavy (non-hydrogen) atoms. The van der Waals surface area contributed by atoms with Gasteiger partial charge in [-0.2, -0.15) is 9.11 Å². The van der Waals surface area contributed by atoms with Crippen molar-refractivity contribution < 1.29 is 17.5 Å². The topological polar surface area (TPSA) is 154 Å². The number of nitrogens with zero attached hydrogens (tertiary/aromatic N) is 5. The normalized spacial score (nSPS) is 22.6. The zero-order valence-corrected chi connectivity index (χ0v) is 26.3. The number of hydrogen-bond acceptors (Lipinski definition) is 9. The Kier molecular flexibility index (Phi) is 8.42. The van der Waals surface area contributed by atoms with Crippen LogP contribution in [0.1, 0.15) is 76.9 Å². The van der Waals surface area contributed by atoms with Gasteiger partial charge in [-0.3, -0.25) is 0 Å². The number of rotatable bonds is 13. The molecule has 0 aromatic carbocycles. The first kappa shape index (κ1) is 30.9. The summed E-state index contributed by atoms with van der Waals surface area (Å²) < 4.78 is 50.0. The molecule has 3 aliphatic rings. The molecule has 1 aliphatic heterocycles. The predicted octanol–water partition coefficient (Wildman–Crippen LogP) is 4.04. The van der Waals surface area contributed by atoms with E-state index in [2.05, 4.69) is 33.6 Å². The summed E-state index contributed by atoms with van der Waals surface area (Å²) >= 11 is 0. The van der Waals surface area contributed by atoms with Crippen LogP contribution in [0.4, 0.5) is 10.2 Å². The average Bonchev–Trinajstić information content (AvgIpc) is 3.59. The van der Waals surface area contributed by atoms with E-state index in [9.17, 15) is 12.8 Å². The van der Waals surface area contributed by atoms with Crippen LogP contribution in [0.15, 0.2) is 47.6 Å². The molecule has 0 amide bonds. The van der Waals surface area contributed by atoms with Gasteiger partial charge in [0.05, 0.1) is 12.8 Å². The van der Waals surface area contributed by atoms with Crippen LogP contribution in [0.25, 0.3) is 5.82 Å². The smallest absolute Gasteiger partial charge is 0.259 e. The minimum absolute atomic E-state index is 0.277. The van der Waals surface area contributed by atoms with Crippen molar-refractivity contribution in [3.05, 3.63) is 54.1 Å². The Morgan fingerprint density at radius 1 is 1.14 bits per heavy atom. The van der Waals surface area contributed by atoms with Crippen molar-refractivity contribution in [1.29, 1.82) is 0 Å². The monoisotopic (exact) mass is 626 g/mol. The van der Waals surface area contributed by atoms with E-state index in [0.717, 1.165) is 44.2 Å². The highest BCUT2D eigenvalue weighted by Crippen LogP contribution is 2.65. The predicted molar refractivity (Wildman–Crippen MR) is 165 cm³/mol. The fraction of sp³-hybridized carbons (Fsp3) is 0.581. The maximum atomic E-state index is 13.7. The number of nitrogens with one attached hydrogen (secondary N) is 1. The third-order valence-corrected chi connectivity index (χ3v) is 11.1. The molecule has 1 saturated heterocycles. The molecule has 4 heterocycles. The third-order valence-electron chi connectivity index (χ3n) is 9.77. The lowest BCUT2D eigenvalue weighted by molar-refractivity contribution is 0.113. The van der Waals surface area contributed by atoms with Gasteiger partial charge in [-0.05, 0) is 113 Å². The highest BCUT2D eigenvalue weighted by Gasteiger charge is 2.54. The van der Waals surface area contributed by atoms with Gasteiger partial charge < -0.3 is 21.1 Å². The van der Waals surface area contributed by atoms with Crippen LogP contribution in [0.5, 0.6) is 5.88 Å². The van der Waals surface area contributed by atoms with Crippen molar-refractivity contribution in [2.24, 2.45) is 28.7 Å². The van der Waals surface area contributed by atoms with Crippen LogP contribution >= 0.6 is 0 Å². The number of halogens is 1. The Morgan fingerprint density at radius 3 is 2.66 bits per heavy atom. The van der Waals surface area contributed by atoms with Crippen molar-refractivity contribution in [2.75, 3.05) is 24.6 Å². The minimum Gasteiger partial charge on any atom is -0.477 e. The van der Waals surface area contributed by atoms with E-state index >= 15 is 0 Å². The van der Waals surface area contributed by atoms with Gasteiger partial charge in [0.15, 0.2) is 10.8 Å². The summed E-state index contributed by atoms with van der Waals surface area (Å²) in [5, 5.41) is 4.18. The standard InChI is InChI=1S/C31H43FN8O3S/c1-30(2)19-21(5-4-16-33)20-39(30)29-23(28(34)38-44(41,42)27-7-3-6-24(32)35-27)8-9-25(36-29)40-17-11-26(37-40)43-18-12-22-10-13-31(22)14-15-31/h3,6-9,11,17,21-22,28,38H,4-5,10,12-16,18-20,33-34H2,1-2H3/t21-,22?,28?/m0/s1. The van der Waals surface area contributed by atoms with Gasteiger partial charge in [0, 0.05) is 29.9 Å². The molecule has 3 atom stereocenters. The maximum Gasteiger partial charge on any atom is 0.259 e. The number of nitrogens with two attached hydrogens (primary N) is 2. The van der Waals surface area contributed by atoms with E-state index in [-0.39, 0.29) is 5.54 Å². The summed E-state index contributed by atoms with van der Waals surface area (Å²) in [7, 11) is -4.22. The van der Waals surface area contributed by atoms with Crippen LogP contribution in [-0.4, -0.2) is 53.4 Å². The Labute approximate surface area is 258 Å². The molecule has 6 rings (SSSR count). The molecular formula is C31H43FN8O3S. The molecule has 0 bridgehead atoms. The van der Waals surface area contributed by atoms with Crippen LogP contribution in [0, 0.1) is 23.2 Å². The van der Waals surface area contributed by atoms with Crippen LogP contribution in [0.3, 0.4) is 0 Å². The second-order valence-electron chi connectivity index (χ2n) is 13.2. The van der Waals surface area contributed by atoms with Crippen molar-refractivity contribution in [2.45, 2.75) is 81.9 Å². The van der Waals surface area contributed by atoms with E-state index in [0.29, 0.717) is 47.6 Å². The molecule has 238 valence electrons. The van der Waals surface area contributed by atoms with Crippen LogP contribution < -0.4 is 25.8 Å². The summed E-state index contributed by atoms with van der Waals surface area (Å²) in [6, 6.07) is 8.94. The molecule has 5 N–H and O–H groups in total. The highest BCUT2D eigenvalue weighted by molar-refractivity contribution is 7.89. The van der Waals surface area contributed by atoms with Gasteiger partial charge in [0.25, 0.3) is 10.0 Å². The molecule has 0 radical (unpaired) electrons. The van der Waals surface area contributed by atoms with Gasteiger partial charge >= 0.3 is 0 Å². The summed E-state index contributed by atoms with van der Waals surface area (Å²) in [4.78, 5) is 10.7. The molecule has 2 aliphatic carbocycles. The highest BCUT2D eigenvalue weighted by atomic mass is 32.2. The lowest BCUT2D eigenvalue weighted by Gasteiger charge is -2.37. The van der Waals surface area contributed by atoms with Crippen molar-refractivity contribution >= 4 is 15.8 Å². The first-order chi connectivity index (χ1) is 21.0. The fourth-order valence-corrected chi connectivity index (χ4v) is 8.12. The molecule has 2 unspecified atom stereocenters. The number of ether oxygens (including phenoxy) is 1. The van der Waals surface area contributed by atoms with E-state index in [4.69, 9.17) is 21.2 Å². The molecule has 2 saturated carbocycles. The first-order valence-electron chi connectivity index (χ1n) is 15.6. The van der Waals surface area contributed by atoms with E-state index in [1.807, 2.05) is 12.3 Å². The molecular weight excluding hydrogens is 583 g/mol. The molecule has 1 spiro atoms. The zero-order chi connectivity index (χ0) is 31.1. The molecule has 11 nitrogen and oxygen atoms in total. The van der Waals surface area contributed by atoms with E-state index in [1.165, 1.54) is 37.8 Å². The molecule has 3 fully saturated rings. The summed E-state index contributed by atoms with van der Waals surface area (Å²) in [5.41, 5.74) is 13.1. The van der Waals surface area contributed by atoms with Gasteiger partial charge in [-0.1, -0.05) is 6.07 Å². The number of hydrogen-bond donors (Lipinski definition) is 3. The van der Waals surface area contributed by atoms with E-state index in [1.54, 1.807) is 16.8 Å². The lowest BCUT2D eigenvalue weighted by Crippen LogP contribution is -2.42. The van der Waals surface area contributed by atoms with Crippen molar-refractivity contribution in [3.8, 4) is 11.7 Å². The van der Waals surface area contributed by atoms with Gasteiger partial charge in [-0.25, -0.2) is 23.1 Å². The van der Waals surface area contributed by atoms with E-state index < -0.39 is 27.2 Å². The number of pyridine rings is 2. The Bertz CT molecular complexity index is 1590.